The molecule has 0 radical (unpaired) electrons. The second-order valence-electron chi connectivity index (χ2n) is 7.10. The fourth-order valence-electron chi connectivity index (χ4n) is 2.42. The molecule has 0 saturated heterocycles. The Bertz CT molecular complexity index is 605. The summed E-state index contributed by atoms with van der Waals surface area (Å²) >= 11 is 0. The number of ether oxygens (including phenoxy) is 1. The molecule has 0 spiro atoms. The molecule has 31 heavy (non-hydrogen) atoms. The van der Waals surface area contributed by atoms with Gasteiger partial charge in [0.05, 0.1) is 6.61 Å². The maximum absolute atomic E-state index is 11.5. The molecule has 0 aliphatic carbocycles. The van der Waals surface area contributed by atoms with E-state index in [2.05, 4.69) is 47.9 Å². The maximum Gasteiger partial charge on any atom is 0.469 e. The van der Waals surface area contributed by atoms with Crippen LogP contribution in [0.2, 0.25) is 0 Å². The molecule has 0 aromatic carbocycles. The Kier molecular flexibility index (Phi) is 19.4. The third-order valence-electron chi connectivity index (χ3n) is 4.08. The molecular formula is C23H39O7P. The van der Waals surface area contributed by atoms with Crippen LogP contribution in [-0.4, -0.2) is 40.2 Å². The molecule has 178 valence electrons. The van der Waals surface area contributed by atoms with Crippen molar-refractivity contribution < 1.29 is 33.5 Å². The fraction of sp³-hybridized carbons (Fsp3) is 0.609. The molecule has 0 aromatic rings. The molecule has 0 aliphatic heterocycles. The van der Waals surface area contributed by atoms with Gasteiger partial charge in [0.1, 0.15) is 12.7 Å². The first-order valence-electron chi connectivity index (χ1n) is 11.0. The molecule has 7 nitrogen and oxygen atoms in total. The van der Waals surface area contributed by atoms with Crippen molar-refractivity contribution in [1.29, 1.82) is 0 Å². The van der Waals surface area contributed by atoms with Crippen LogP contribution in [0.15, 0.2) is 48.6 Å². The molecular weight excluding hydrogens is 419 g/mol. The molecule has 0 amide bonds. The number of phosphoric ester groups is 1. The Morgan fingerprint density at radius 3 is 1.87 bits per heavy atom. The van der Waals surface area contributed by atoms with Crippen LogP contribution in [0.4, 0.5) is 0 Å². The second-order valence-corrected chi connectivity index (χ2v) is 8.34. The monoisotopic (exact) mass is 458 g/mol. The standard InChI is InChI=1S/C23H39O7P/c1-2-3-4-5-6-7-8-9-10-11-12-13-14-15-16-17-18-19-23(25)29-20-22(24)21-30-31(26,27)28/h6-7,9-10,12-13,15-16,22,24H,2-5,8,11,14,17-21H2,1H3,(H2,26,27,28). The van der Waals surface area contributed by atoms with Gasteiger partial charge >= 0.3 is 13.8 Å². The normalized spacial score (nSPS) is 13.8. The van der Waals surface area contributed by atoms with Crippen molar-refractivity contribution in [3.05, 3.63) is 48.6 Å². The molecule has 0 bridgehead atoms. The maximum atomic E-state index is 11.5. The van der Waals surface area contributed by atoms with Gasteiger partial charge in [0.2, 0.25) is 0 Å². The first-order chi connectivity index (χ1) is 14.8. The van der Waals surface area contributed by atoms with Crippen molar-refractivity contribution in [1.82, 2.24) is 0 Å². The summed E-state index contributed by atoms with van der Waals surface area (Å²) in [7, 11) is -4.63. The third kappa shape index (κ3) is 24.6. The van der Waals surface area contributed by atoms with Gasteiger partial charge in [-0.15, -0.1) is 0 Å². The van der Waals surface area contributed by atoms with Crippen LogP contribution in [0.25, 0.3) is 0 Å². The minimum atomic E-state index is -4.63. The topological polar surface area (TPSA) is 113 Å². The predicted molar refractivity (Wildman–Crippen MR) is 123 cm³/mol. The van der Waals surface area contributed by atoms with Gasteiger partial charge in [-0.1, -0.05) is 68.4 Å². The summed E-state index contributed by atoms with van der Waals surface area (Å²) in [4.78, 5) is 28.6. The van der Waals surface area contributed by atoms with Gasteiger partial charge in [0, 0.05) is 6.42 Å². The van der Waals surface area contributed by atoms with Crippen LogP contribution in [0, 0.1) is 0 Å². The van der Waals surface area contributed by atoms with Crippen LogP contribution in [0.1, 0.15) is 71.1 Å². The van der Waals surface area contributed by atoms with E-state index >= 15 is 0 Å². The Morgan fingerprint density at radius 1 is 0.839 bits per heavy atom. The molecule has 0 saturated carbocycles. The van der Waals surface area contributed by atoms with Crippen LogP contribution in [0.5, 0.6) is 0 Å². The van der Waals surface area contributed by atoms with E-state index in [0.717, 1.165) is 25.7 Å². The highest BCUT2D eigenvalue weighted by molar-refractivity contribution is 7.46. The number of aliphatic hydroxyl groups excluding tert-OH is 1. The van der Waals surface area contributed by atoms with Gasteiger partial charge in [0.15, 0.2) is 0 Å². The number of hydrogen-bond donors (Lipinski definition) is 3. The number of carbonyl (C=O) groups is 1. The van der Waals surface area contributed by atoms with Crippen LogP contribution < -0.4 is 0 Å². The lowest BCUT2D eigenvalue weighted by atomic mass is 10.2. The Balaban J connectivity index is 3.60. The summed E-state index contributed by atoms with van der Waals surface area (Å²) in [6.45, 7) is 1.26. The van der Waals surface area contributed by atoms with Crippen LogP contribution >= 0.6 is 7.82 Å². The van der Waals surface area contributed by atoms with Crippen molar-refractivity contribution in [2.24, 2.45) is 0 Å². The van der Waals surface area contributed by atoms with E-state index in [0.29, 0.717) is 6.42 Å². The highest BCUT2D eigenvalue weighted by Crippen LogP contribution is 2.35. The molecule has 0 fully saturated rings. The molecule has 0 rings (SSSR count). The Hall–Kier alpha value is -1.50. The molecule has 1 unspecified atom stereocenters. The van der Waals surface area contributed by atoms with Crippen LogP contribution in [0.3, 0.4) is 0 Å². The highest BCUT2D eigenvalue weighted by Gasteiger charge is 2.17. The number of esters is 1. The average Bonchev–Trinajstić information content (AvgIpc) is 2.72. The zero-order valence-corrected chi connectivity index (χ0v) is 19.5. The zero-order valence-electron chi connectivity index (χ0n) is 18.6. The SMILES string of the molecule is CCCCCC=CCC=CCC=CCC=CCCCC(=O)OCC(O)COP(=O)(O)O. The van der Waals surface area contributed by atoms with Gasteiger partial charge in [-0.25, -0.2) is 4.57 Å². The van der Waals surface area contributed by atoms with Crippen molar-refractivity contribution in [2.45, 2.75) is 77.2 Å². The molecule has 1 atom stereocenters. The molecule has 3 N–H and O–H groups in total. The number of hydrogen-bond acceptors (Lipinski definition) is 5. The van der Waals surface area contributed by atoms with E-state index in [9.17, 15) is 14.5 Å². The van der Waals surface area contributed by atoms with E-state index in [1.807, 2.05) is 12.2 Å². The molecule has 0 aromatic heterocycles. The van der Waals surface area contributed by atoms with Crippen molar-refractivity contribution in [3.63, 3.8) is 0 Å². The Labute approximate surface area is 186 Å². The van der Waals surface area contributed by atoms with Crippen molar-refractivity contribution in [2.75, 3.05) is 13.2 Å². The largest absolute Gasteiger partial charge is 0.469 e. The smallest absolute Gasteiger partial charge is 0.463 e. The fourth-order valence-corrected chi connectivity index (χ4v) is 2.78. The lowest BCUT2D eigenvalue weighted by Gasteiger charge is -2.12. The summed E-state index contributed by atoms with van der Waals surface area (Å²) in [6, 6.07) is 0. The molecule has 0 aliphatic rings. The van der Waals surface area contributed by atoms with E-state index in [4.69, 9.17) is 14.5 Å². The quantitative estimate of drug-likeness (QED) is 0.106. The van der Waals surface area contributed by atoms with E-state index in [1.165, 1.54) is 25.7 Å². The van der Waals surface area contributed by atoms with Crippen LogP contribution in [-0.2, 0) is 18.6 Å². The first kappa shape index (κ1) is 29.5. The number of rotatable bonds is 19. The van der Waals surface area contributed by atoms with E-state index in [1.54, 1.807) is 0 Å². The van der Waals surface area contributed by atoms with E-state index < -0.39 is 26.5 Å². The summed E-state index contributed by atoms with van der Waals surface area (Å²) in [6.07, 6.45) is 25.2. The Morgan fingerprint density at radius 2 is 1.35 bits per heavy atom. The first-order valence-corrected chi connectivity index (χ1v) is 12.5. The van der Waals surface area contributed by atoms with Crippen molar-refractivity contribution >= 4 is 13.8 Å². The number of allylic oxidation sites excluding steroid dienone is 8. The molecule has 8 heteroatoms. The highest BCUT2D eigenvalue weighted by atomic mass is 31.2. The van der Waals surface area contributed by atoms with Crippen molar-refractivity contribution in [3.8, 4) is 0 Å². The number of aliphatic hydroxyl groups is 1. The predicted octanol–water partition coefficient (Wildman–Crippen LogP) is 5.15. The van der Waals surface area contributed by atoms with Gasteiger partial charge in [-0.3, -0.25) is 9.32 Å². The lowest BCUT2D eigenvalue weighted by Crippen LogP contribution is -2.23. The second kappa shape index (κ2) is 20.4. The minimum absolute atomic E-state index is 0.212. The number of unbranched alkanes of at least 4 members (excludes halogenated alkanes) is 4. The molecule has 0 heterocycles. The van der Waals surface area contributed by atoms with Gasteiger partial charge in [0.25, 0.3) is 0 Å². The minimum Gasteiger partial charge on any atom is -0.463 e. The van der Waals surface area contributed by atoms with E-state index in [-0.39, 0.29) is 13.0 Å². The lowest BCUT2D eigenvalue weighted by molar-refractivity contribution is -0.147. The summed E-state index contributed by atoms with van der Waals surface area (Å²) in [5.74, 6) is -0.467. The summed E-state index contributed by atoms with van der Waals surface area (Å²) < 4.78 is 19.5. The summed E-state index contributed by atoms with van der Waals surface area (Å²) in [5.41, 5.74) is 0. The summed E-state index contributed by atoms with van der Waals surface area (Å²) in [5, 5.41) is 9.41. The van der Waals surface area contributed by atoms with Gasteiger partial charge in [-0.2, -0.15) is 0 Å². The zero-order chi connectivity index (χ0) is 23.2. The van der Waals surface area contributed by atoms with Gasteiger partial charge < -0.3 is 19.6 Å². The average molecular weight is 459 g/mol. The third-order valence-corrected chi connectivity index (χ3v) is 4.57. The number of carbonyl (C=O) groups excluding carboxylic acids is 1. The van der Waals surface area contributed by atoms with Gasteiger partial charge in [-0.05, 0) is 44.9 Å². The number of phosphoric acid groups is 1.